The SMILES string of the molecule is Fc1cc(-c2cncc(-c3nnco3)c2)ccc1OCc1ccccc1. The molecule has 0 aliphatic rings. The van der Waals surface area contributed by atoms with E-state index in [1.54, 1.807) is 24.5 Å². The topological polar surface area (TPSA) is 61.0 Å². The number of ether oxygens (including phenoxy) is 1. The second kappa shape index (κ2) is 7.14. The zero-order chi connectivity index (χ0) is 17.8. The molecule has 0 aliphatic carbocycles. The summed E-state index contributed by atoms with van der Waals surface area (Å²) >= 11 is 0. The van der Waals surface area contributed by atoms with Crippen LogP contribution in [-0.4, -0.2) is 15.2 Å². The number of benzene rings is 2. The fourth-order valence-corrected chi connectivity index (χ4v) is 2.55. The highest BCUT2D eigenvalue weighted by atomic mass is 19.1. The van der Waals surface area contributed by atoms with Crippen LogP contribution in [0.1, 0.15) is 5.56 Å². The highest BCUT2D eigenvalue weighted by Gasteiger charge is 2.10. The van der Waals surface area contributed by atoms with Crippen LogP contribution in [-0.2, 0) is 6.61 Å². The van der Waals surface area contributed by atoms with Gasteiger partial charge in [-0.2, -0.15) is 0 Å². The van der Waals surface area contributed by atoms with Crippen LogP contribution in [0.15, 0.2) is 77.8 Å². The maximum absolute atomic E-state index is 14.4. The van der Waals surface area contributed by atoms with Gasteiger partial charge >= 0.3 is 0 Å². The van der Waals surface area contributed by atoms with Crippen molar-refractivity contribution in [2.24, 2.45) is 0 Å². The van der Waals surface area contributed by atoms with Gasteiger partial charge in [-0.1, -0.05) is 36.4 Å². The molecule has 0 spiro atoms. The Bertz CT molecular complexity index is 1000. The molecule has 26 heavy (non-hydrogen) atoms. The van der Waals surface area contributed by atoms with Crippen LogP contribution in [0.4, 0.5) is 4.39 Å². The lowest BCUT2D eigenvalue weighted by molar-refractivity contribution is 0.290. The van der Waals surface area contributed by atoms with Crippen LogP contribution in [0.25, 0.3) is 22.6 Å². The first-order valence-electron chi connectivity index (χ1n) is 7.98. The van der Waals surface area contributed by atoms with E-state index in [-0.39, 0.29) is 5.75 Å². The largest absolute Gasteiger partial charge is 0.486 e. The Morgan fingerprint density at radius 1 is 0.923 bits per heavy atom. The number of hydrogen-bond donors (Lipinski definition) is 0. The molecule has 0 saturated carbocycles. The van der Waals surface area contributed by atoms with Gasteiger partial charge in [-0.3, -0.25) is 4.98 Å². The molecule has 128 valence electrons. The standard InChI is InChI=1S/C20H14FN3O2/c21-18-9-15(6-7-19(18)25-12-14-4-2-1-3-5-14)16-8-17(11-22-10-16)20-24-23-13-26-20/h1-11,13H,12H2. The average molecular weight is 347 g/mol. The summed E-state index contributed by atoms with van der Waals surface area (Å²) in [5.74, 6) is 0.142. The van der Waals surface area contributed by atoms with Crippen LogP contribution in [0, 0.1) is 5.82 Å². The van der Waals surface area contributed by atoms with E-state index in [9.17, 15) is 4.39 Å². The molecule has 6 heteroatoms. The summed E-state index contributed by atoms with van der Waals surface area (Å²) in [5.41, 5.74) is 3.08. The lowest BCUT2D eigenvalue weighted by Gasteiger charge is -2.09. The van der Waals surface area contributed by atoms with E-state index in [4.69, 9.17) is 9.15 Å². The van der Waals surface area contributed by atoms with Gasteiger partial charge in [-0.05, 0) is 29.3 Å². The van der Waals surface area contributed by atoms with E-state index >= 15 is 0 Å². The van der Waals surface area contributed by atoms with E-state index in [2.05, 4.69) is 15.2 Å². The number of halogens is 1. The molecule has 0 saturated heterocycles. The van der Waals surface area contributed by atoms with Gasteiger partial charge in [0, 0.05) is 18.0 Å². The van der Waals surface area contributed by atoms with Crippen molar-refractivity contribution < 1.29 is 13.5 Å². The van der Waals surface area contributed by atoms with E-state index < -0.39 is 5.82 Å². The van der Waals surface area contributed by atoms with E-state index in [0.717, 1.165) is 11.1 Å². The zero-order valence-corrected chi connectivity index (χ0v) is 13.7. The fourth-order valence-electron chi connectivity index (χ4n) is 2.55. The normalized spacial score (nSPS) is 10.7. The molecule has 0 atom stereocenters. The highest BCUT2D eigenvalue weighted by molar-refractivity contribution is 5.68. The number of rotatable bonds is 5. The van der Waals surface area contributed by atoms with Crippen LogP contribution in [0.2, 0.25) is 0 Å². The van der Waals surface area contributed by atoms with Crippen molar-refractivity contribution in [3.05, 3.63) is 84.8 Å². The molecule has 0 N–H and O–H groups in total. The van der Waals surface area contributed by atoms with Gasteiger partial charge in [0.1, 0.15) is 6.61 Å². The number of nitrogens with zero attached hydrogens (tertiary/aromatic N) is 3. The third-order valence-corrected chi connectivity index (χ3v) is 3.85. The van der Waals surface area contributed by atoms with Crippen LogP contribution in [0.5, 0.6) is 5.75 Å². The summed E-state index contributed by atoms with van der Waals surface area (Å²) in [4.78, 5) is 4.16. The van der Waals surface area contributed by atoms with Gasteiger partial charge in [0.15, 0.2) is 11.6 Å². The molecule has 0 fully saturated rings. The maximum atomic E-state index is 14.4. The van der Waals surface area contributed by atoms with Crippen molar-refractivity contribution in [2.45, 2.75) is 6.61 Å². The van der Waals surface area contributed by atoms with Gasteiger partial charge in [0.2, 0.25) is 12.3 Å². The summed E-state index contributed by atoms with van der Waals surface area (Å²) in [6.45, 7) is 0.311. The van der Waals surface area contributed by atoms with Crippen molar-refractivity contribution in [3.63, 3.8) is 0 Å². The molecule has 0 amide bonds. The summed E-state index contributed by atoms with van der Waals surface area (Å²) in [7, 11) is 0. The minimum atomic E-state index is -0.429. The van der Waals surface area contributed by atoms with E-state index in [0.29, 0.717) is 23.6 Å². The first-order chi connectivity index (χ1) is 12.8. The monoisotopic (exact) mass is 347 g/mol. The summed E-state index contributed by atoms with van der Waals surface area (Å²) < 4.78 is 25.2. The molecule has 0 bridgehead atoms. The Morgan fingerprint density at radius 3 is 2.54 bits per heavy atom. The molecule has 5 nitrogen and oxygen atoms in total. The Hall–Kier alpha value is -3.54. The predicted octanol–water partition coefficient (Wildman–Crippen LogP) is 4.52. The molecule has 0 unspecified atom stereocenters. The van der Waals surface area contributed by atoms with Crippen molar-refractivity contribution in [3.8, 4) is 28.3 Å². The lowest BCUT2D eigenvalue weighted by atomic mass is 10.1. The van der Waals surface area contributed by atoms with Gasteiger partial charge in [0.25, 0.3) is 0 Å². The molecule has 2 aromatic heterocycles. The van der Waals surface area contributed by atoms with E-state index in [1.165, 1.54) is 12.5 Å². The van der Waals surface area contributed by atoms with Crippen LogP contribution in [0.3, 0.4) is 0 Å². The Kier molecular flexibility index (Phi) is 4.38. The van der Waals surface area contributed by atoms with Crippen molar-refractivity contribution in [2.75, 3.05) is 0 Å². The Labute approximate surface area is 149 Å². The third-order valence-electron chi connectivity index (χ3n) is 3.85. The molecule has 2 aromatic carbocycles. The predicted molar refractivity (Wildman–Crippen MR) is 93.7 cm³/mol. The number of pyridine rings is 1. The minimum Gasteiger partial charge on any atom is -0.486 e. The molecular formula is C20H14FN3O2. The average Bonchev–Trinajstić information content (AvgIpc) is 3.23. The van der Waals surface area contributed by atoms with Crippen molar-refractivity contribution in [1.82, 2.24) is 15.2 Å². The van der Waals surface area contributed by atoms with Gasteiger partial charge in [-0.25, -0.2) is 4.39 Å². The minimum absolute atomic E-state index is 0.207. The van der Waals surface area contributed by atoms with Crippen molar-refractivity contribution >= 4 is 0 Å². The summed E-state index contributed by atoms with van der Waals surface area (Å²) in [5, 5.41) is 7.51. The molecule has 0 aliphatic heterocycles. The molecule has 2 heterocycles. The quantitative estimate of drug-likeness (QED) is 0.531. The zero-order valence-electron chi connectivity index (χ0n) is 13.7. The molecular weight excluding hydrogens is 333 g/mol. The number of hydrogen-bond acceptors (Lipinski definition) is 5. The first kappa shape index (κ1) is 16.0. The second-order valence-corrected chi connectivity index (χ2v) is 5.63. The fraction of sp³-hybridized carbons (Fsp3) is 0.0500. The molecule has 4 aromatic rings. The van der Waals surface area contributed by atoms with Gasteiger partial charge < -0.3 is 9.15 Å². The summed E-state index contributed by atoms with van der Waals surface area (Å²) in [6, 6.07) is 16.3. The number of aromatic nitrogens is 3. The third kappa shape index (κ3) is 3.44. The highest BCUT2D eigenvalue weighted by Crippen LogP contribution is 2.28. The maximum Gasteiger partial charge on any atom is 0.249 e. The van der Waals surface area contributed by atoms with Crippen LogP contribution < -0.4 is 4.74 Å². The molecule has 4 rings (SSSR count). The summed E-state index contributed by atoms with van der Waals surface area (Å²) in [6.07, 6.45) is 4.52. The second-order valence-electron chi connectivity index (χ2n) is 5.63. The van der Waals surface area contributed by atoms with Crippen LogP contribution >= 0.6 is 0 Å². The Morgan fingerprint density at radius 2 is 1.77 bits per heavy atom. The molecule has 0 radical (unpaired) electrons. The van der Waals surface area contributed by atoms with Crippen molar-refractivity contribution in [1.29, 1.82) is 0 Å². The van der Waals surface area contributed by atoms with Gasteiger partial charge in [-0.15, -0.1) is 10.2 Å². The smallest absolute Gasteiger partial charge is 0.249 e. The lowest BCUT2D eigenvalue weighted by Crippen LogP contribution is -1.97. The Balaban J connectivity index is 1.55. The van der Waals surface area contributed by atoms with Gasteiger partial charge in [0.05, 0.1) is 5.56 Å². The first-order valence-corrected chi connectivity index (χ1v) is 7.98. The van der Waals surface area contributed by atoms with E-state index in [1.807, 2.05) is 36.4 Å².